The van der Waals surface area contributed by atoms with Crippen molar-refractivity contribution in [3.63, 3.8) is 0 Å². The number of carbonyl (C=O) groups excluding carboxylic acids is 2. The number of pyridine rings is 1. The Bertz CT molecular complexity index is 1050. The van der Waals surface area contributed by atoms with Crippen molar-refractivity contribution in [2.24, 2.45) is 17.8 Å². The van der Waals surface area contributed by atoms with Crippen LogP contribution in [0.3, 0.4) is 0 Å². The highest BCUT2D eigenvalue weighted by Gasteiger charge is 2.51. The number of nitrogens with zero attached hydrogens (tertiary/aromatic N) is 2. The Morgan fingerprint density at radius 3 is 2.45 bits per heavy atom. The Kier molecular flexibility index (Phi) is 5.82. The molecule has 4 bridgehead atoms. The smallest absolute Gasteiger partial charge is 0.230 e. The van der Waals surface area contributed by atoms with E-state index < -0.39 is 5.92 Å². The molecule has 0 radical (unpaired) electrons. The summed E-state index contributed by atoms with van der Waals surface area (Å²) in [6.07, 6.45) is 10.7. The van der Waals surface area contributed by atoms with Gasteiger partial charge in [-0.1, -0.05) is 17.8 Å². The van der Waals surface area contributed by atoms with E-state index in [0.717, 1.165) is 48.3 Å². The van der Waals surface area contributed by atoms with Crippen molar-refractivity contribution < 1.29 is 9.59 Å². The molecule has 6 rings (SSSR count). The van der Waals surface area contributed by atoms with Crippen molar-refractivity contribution in [2.45, 2.75) is 63.8 Å². The Hall–Kier alpha value is -2.59. The summed E-state index contributed by atoms with van der Waals surface area (Å²) in [6.45, 7) is 3.38. The molecule has 0 spiro atoms. The summed E-state index contributed by atoms with van der Waals surface area (Å²) in [6, 6.07) is 6.01. The number of thioether (sulfide) groups is 1. The van der Waals surface area contributed by atoms with E-state index in [1.807, 2.05) is 19.1 Å². The van der Waals surface area contributed by atoms with Gasteiger partial charge in [-0.2, -0.15) is 5.26 Å². The monoisotopic (exact) mass is 462 g/mol. The summed E-state index contributed by atoms with van der Waals surface area (Å²) in [5.41, 5.74) is 2.54. The number of allylic oxidation sites excluding steroid dienone is 3. The van der Waals surface area contributed by atoms with Crippen LogP contribution >= 0.6 is 11.8 Å². The standard InChI is InChI=1S/C26H30N4O2S/c1-15-23(16(2)31)24(20-4-3-5-28-13-20)21(12-27)25(29-15)33-14-22(32)30-26-9-17-6-18(10-26)8-19(7-17)11-26/h3-5,13,17-19,24,29H,6-11,14H2,1-2H3,(H,30,32)/t17?,18?,19?,24-,26?/m0/s1. The van der Waals surface area contributed by atoms with E-state index in [2.05, 4.69) is 21.7 Å². The van der Waals surface area contributed by atoms with E-state index in [9.17, 15) is 14.9 Å². The molecular formula is C26H30N4O2S. The Morgan fingerprint density at radius 2 is 1.91 bits per heavy atom. The van der Waals surface area contributed by atoms with Gasteiger partial charge < -0.3 is 10.6 Å². The van der Waals surface area contributed by atoms with Crippen LogP contribution in [0.25, 0.3) is 0 Å². The van der Waals surface area contributed by atoms with Crippen molar-refractivity contribution >= 4 is 23.5 Å². The molecule has 2 N–H and O–H groups in total. The van der Waals surface area contributed by atoms with Gasteiger partial charge in [0.15, 0.2) is 5.78 Å². The Labute approximate surface area is 199 Å². The van der Waals surface area contributed by atoms with Gasteiger partial charge in [0.25, 0.3) is 0 Å². The lowest BCUT2D eigenvalue weighted by Crippen LogP contribution is -2.60. The fraction of sp³-hybridized carbons (Fsp3) is 0.538. The van der Waals surface area contributed by atoms with Gasteiger partial charge >= 0.3 is 0 Å². The molecule has 7 heteroatoms. The molecule has 5 aliphatic rings. The first-order chi connectivity index (χ1) is 15.9. The van der Waals surface area contributed by atoms with Crippen LogP contribution in [0.4, 0.5) is 0 Å². The number of nitriles is 1. The van der Waals surface area contributed by atoms with Crippen LogP contribution in [0.1, 0.15) is 63.9 Å². The lowest BCUT2D eigenvalue weighted by atomic mass is 9.53. The summed E-state index contributed by atoms with van der Waals surface area (Å²) in [7, 11) is 0. The van der Waals surface area contributed by atoms with E-state index in [4.69, 9.17) is 0 Å². The predicted octanol–water partition coefficient (Wildman–Crippen LogP) is 4.18. The number of amides is 1. The highest BCUT2D eigenvalue weighted by atomic mass is 32.2. The second-order valence-corrected chi connectivity index (χ2v) is 11.3. The zero-order chi connectivity index (χ0) is 23.2. The number of aromatic nitrogens is 1. The SMILES string of the molecule is CC(=O)C1=C(C)NC(SCC(=O)NC23CC4CC(CC(C4)C2)C3)=C(C#N)[C@@H]1c1cccnc1. The first-order valence-corrected chi connectivity index (χ1v) is 12.8. The minimum atomic E-state index is -0.476. The second kappa shape index (κ2) is 8.64. The molecule has 1 amide bonds. The van der Waals surface area contributed by atoms with Crippen LogP contribution in [0.15, 0.2) is 46.4 Å². The van der Waals surface area contributed by atoms with Crippen LogP contribution in [-0.4, -0.2) is 28.0 Å². The summed E-state index contributed by atoms with van der Waals surface area (Å²) in [5.74, 6) is 2.05. The van der Waals surface area contributed by atoms with E-state index >= 15 is 0 Å². The molecule has 1 aromatic rings. The zero-order valence-corrected chi connectivity index (χ0v) is 20.0. The van der Waals surface area contributed by atoms with Gasteiger partial charge in [0, 0.05) is 29.2 Å². The van der Waals surface area contributed by atoms with Crippen LogP contribution in [0, 0.1) is 29.1 Å². The maximum Gasteiger partial charge on any atom is 0.230 e. The molecule has 0 aromatic carbocycles. The largest absolute Gasteiger partial charge is 0.353 e. The molecule has 1 aromatic heterocycles. The fourth-order valence-corrected chi connectivity index (χ4v) is 8.00. The van der Waals surface area contributed by atoms with Gasteiger partial charge in [-0.3, -0.25) is 14.6 Å². The predicted molar refractivity (Wildman–Crippen MR) is 128 cm³/mol. The first kappa shape index (κ1) is 22.2. The van der Waals surface area contributed by atoms with Crippen molar-refractivity contribution in [1.82, 2.24) is 15.6 Å². The number of Topliss-reactive ketones (excluding diaryl/α,β-unsaturated/α-hetero) is 1. The Balaban J connectivity index is 1.34. The summed E-state index contributed by atoms with van der Waals surface area (Å²) >= 11 is 1.35. The Morgan fingerprint density at radius 1 is 1.24 bits per heavy atom. The van der Waals surface area contributed by atoms with Gasteiger partial charge in [-0.05, 0) is 81.8 Å². The van der Waals surface area contributed by atoms with Gasteiger partial charge in [-0.15, -0.1) is 0 Å². The molecule has 4 fully saturated rings. The number of ketones is 1. The topological polar surface area (TPSA) is 94.9 Å². The molecule has 0 saturated heterocycles. The lowest BCUT2D eigenvalue weighted by Gasteiger charge is -2.56. The molecule has 1 aliphatic heterocycles. The van der Waals surface area contributed by atoms with E-state index in [1.54, 1.807) is 12.4 Å². The molecule has 6 nitrogen and oxygen atoms in total. The lowest BCUT2D eigenvalue weighted by molar-refractivity contribution is -0.124. The van der Waals surface area contributed by atoms with Crippen LogP contribution < -0.4 is 10.6 Å². The third-order valence-electron chi connectivity index (χ3n) is 7.83. The van der Waals surface area contributed by atoms with Crippen LogP contribution in [-0.2, 0) is 9.59 Å². The molecule has 0 unspecified atom stereocenters. The highest BCUT2D eigenvalue weighted by Crippen LogP contribution is 2.55. The van der Waals surface area contributed by atoms with Crippen molar-refractivity contribution in [3.05, 3.63) is 52.0 Å². The van der Waals surface area contributed by atoms with E-state index in [-0.39, 0.29) is 23.0 Å². The molecule has 1 atom stereocenters. The number of rotatable bonds is 6. The molecule has 4 saturated carbocycles. The maximum absolute atomic E-state index is 13.0. The average Bonchev–Trinajstić information content (AvgIpc) is 2.76. The minimum absolute atomic E-state index is 0.0192. The van der Waals surface area contributed by atoms with Crippen LogP contribution in [0.2, 0.25) is 0 Å². The first-order valence-electron chi connectivity index (χ1n) is 11.8. The normalized spacial score (nSPS) is 32.4. The van der Waals surface area contributed by atoms with Crippen LogP contribution in [0.5, 0.6) is 0 Å². The summed E-state index contributed by atoms with van der Waals surface area (Å²) in [4.78, 5) is 29.7. The number of nitrogens with one attached hydrogen (secondary N) is 2. The molecule has 2 heterocycles. The van der Waals surface area contributed by atoms with E-state index in [0.29, 0.717) is 16.2 Å². The van der Waals surface area contributed by atoms with Gasteiger partial charge in [-0.25, -0.2) is 0 Å². The molecule has 33 heavy (non-hydrogen) atoms. The average molecular weight is 463 g/mol. The third kappa shape index (κ3) is 4.21. The second-order valence-electron chi connectivity index (χ2n) is 10.3. The highest BCUT2D eigenvalue weighted by molar-refractivity contribution is 8.03. The number of carbonyl (C=O) groups is 2. The third-order valence-corrected chi connectivity index (χ3v) is 8.85. The maximum atomic E-state index is 13.0. The number of dihydropyridines is 1. The van der Waals surface area contributed by atoms with Gasteiger partial charge in [0.2, 0.25) is 5.91 Å². The number of hydrogen-bond donors (Lipinski definition) is 2. The van der Waals surface area contributed by atoms with Crippen molar-refractivity contribution in [3.8, 4) is 6.07 Å². The molecular weight excluding hydrogens is 432 g/mol. The van der Waals surface area contributed by atoms with Gasteiger partial charge in [0.1, 0.15) is 0 Å². The van der Waals surface area contributed by atoms with Gasteiger partial charge in [0.05, 0.1) is 28.3 Å². The summed E-state index contributed by atoms with van der Waals surface area (Å²) < 4.78 is 0. The van der Waals surface area contributed by atoms with E-state index in [1.165, 1.54) is 37.9 Å². The zero-order valence-electron chi connectivity index (χ0n) is 19.2. The summed E-state index contributed by atoms with van der Waals surface area (Å²) in [5, 5.41) is 17.3. The van der Waals surface area contributed by atoms with Crippen molar-refractivity contribution in [2.75, 3.05) is 5.75 Å². The minimum Gasteiger partial charge on any atom is -0.353 e. The quantitative estimate of drug-likeness (QED) is 0.658. The molecule has 172 valence electrons. The fourth-order valence-electron chi connectivity index (χ4n) is 7.11. The number of hydrogen-bond acceptors (Lipinski definition) is 6. The molecule has 4 aliphatic carbocycles. The van der Waals surface area contributed by atoms with Crippen molar-refractivity contribution in [1.29, 1.82) is 5.26 Å².